The Bertz CT molecular complexity index is 815. The molecule has 0 bridgehead atoms. The number of aryl methyl sites for hydroxylation is 1. The molecule has 0 spiro atoms. The molecule has 0 atom stereocenters. The molecule has 22 heavy (non-hydrogen) atoms. The van der Waals surface area contributed by atoms with Gasteiger partial charge in [0.2, 0.25) is 5.82 Å². The van der Waals surface area contributed by atoms with Crippen LogP contribution >= 0.6 is 0 Å². The van der Waals surface area contributed by atoms with Crippen molar-refractivity contribution in [3.05, 3.63) is 42.0 Å². The molecule has 1 aromatic carbocycles. The Hall–Kier alpha value is -2.96. The van der Waals surface area contributed by atoms with Gasteiger partial charge in [-0.3, -0.25) is 0 Å². The summed E-state index contributed by atoms with van der Waals surface area (Å²) in [5, 5.41) is 12.0. The number of anilines is 1. The average molecular weight is 296 g/mol. The second-order valence-electron chi connectivity index (χ2n) is 5.23. The molecular formula is C15H16N6O. The third-order valence-electron chi connectivity index (χ3n) is 3.13. The van der Waals surface area contributed by atoms with E-state index >= 15 is 0 Å². The molecule has 0 fully saturated rings. The van der Waals surface area contributed by atoms with Crippen LogP contribution in [0.5, 0.6) is 0 Å². The van der Waals surface area contributed by atoms with Crippen LogP contribution < -0.4 is 5.73 Å². The zero-order valence-electron chi connectivity index (χ0n) is 12.4. The molecule has 0 radical (unpaired) electrons. The first-order valence-corrected chi connectivity index (χ1v) is 6.79. The highest BCUT2D eigenvalue weighted by molar-refractivity contribution is 5.64. The first kappa shape index (κ1) is 14.0. The van der Waals surface area contributed by atoms with Crippen LogP contribution in [0.1, 0.15) is 12.5 Å². The molecule has 7 heteroatoms. The van der Waals surface area contributed by atoms with E-state index in [4.69, 9.17) is 10.3 Å². The van der Waals surface area contributed by atoms with Crippen molar-refractivity contribution in [2.75, 3.05) is 5.73 Å². The van der Waals surface area contributed by atoms with Gasteiger partial charge in [0.15, 0.2) is 11.5 Å². The van der Waals surface area contributed by atoms with Crippen molar-refractivity contribution in [2.45, 2.75) is 20.4 Å². The molecule has 0 saturated heterocycles. The van der Waals surface area contributed by atoms with Crippen molar-refractivity contribution in [2.24, 2.45) is 0 Å². The van der Waals surface area contributed by atoms with Crippen molar-refractivity contribution in [1.29, 1.82) is 0 Å². The largest absolute Gasteiger partial charge is 0.382 e. The van der Waals surface area contributed by atoms with Crippen molar-refractivity contribution >= 4 is 5.82 Å². The number of hydrogen-bond donors (Lipinski definition) is 1. The molecule has 112 valence electrons. The monoisotopic (exact) mass is 296 g/mol. The van der Waals surface area contributed by atoms with Gasteiger partial charge in [-0.05, 0) is 13.8 Å². The van der Waals surface area contributed by atoms with Crippen LogP contribution in [0.4, 0.5) is 5.82 Å². The molecule has 0 aliphatic carbocycles. The summed E-state index contributed by atoms with van der Waals surface area (Å²) in [6.45, 7) is 8.24. The Balaban J connectivity index is 1.92. The van der Waals surface area contributed by atoms with Crippen LogP contribution in [0, 0.1) is 6.92 Å². The minimum absolute atomic E-state index is 0.251. The van der Waals surface area contributed by atoms with Crippen LogP contribution in [0.3, 0.4) is 0 Å². The van der Waals surface area contributed by atoms with Crippen LogP contribution in [0.2, 0.25) is 0 Å². The predicted molar refractivity (Wildman–Crippen MR) is 82.7 cm³/mol. The summed E-state index contributed by atoms with van der Waals surface area (Å²) in [6, 6.07) is 7.85. The normalized spacial score (nSPS) is 10.8. The highest BCUT2D eigenvalue weighted by Crippen LogP contribution is 2.25. The summed E-state index contributed by atoms with van der Waals surface area (Å²) in [5.74, 6) is 1.12. The number of benzene rings is 1. The van der Waals surface area contributed by atoms with Crippen molar-refractivity contribution < 1.29 is 4.52 Å². The second kappa shape index (κ2) is 5.44. The summed E-state index contributed by atoms with van der Waals surface area (Å²) in [5.41, 5.74) is 9.36. The molecule has 0 aliphatic heterocycles. The Labute approximate surface area is 127 Å². The molecule has 2 heterocycles. The molecule has 3 aromatic rings. The van der Waals surface area contributed by atoms with Crippen LogP contribution in [-0.2, 0) is 6.54 Å². The van der Waals surface area contributed by atoms with Crippen LogP contribution in [-0.4, -0.2) is 25.1 Å². The van der Waals surface area contributed by atoms with Gasteiger partial charge in [-0.2, -0.15) is 4.98 Å². The molecular weight excluding hydrogens is 280 g/mol. The Morgan fingerprint density at radius 1 is 1.32 bits per heavy atom. The van der Waals surface area contributed by atoms with E-state index in [1.54, 1.807) is 4.68 Å². The zero-order chi connectivity index (χ0) is 15.7. The fourth-order valence-corrected chi connectivity index (χ4v) is 1.98. The third kappa shape index (κ3) is 2.60. The molecule has 0 amide bonds. The van der Waals surface area contributed by atoms with Gasteiger partial charge < -0.3 is 10.3 Å². The van der Waals surface area contributed by atoms with Gasteiger partial charge >= 0.3 is 0 Å². The third-order valence-corrected chi connectivity index (χ3v) is 3.13. The van der Waals surface area contributed by atoms with E-state index in [1.165, 1.54) is 5.56 Å². The maximum atomic E-state index is 6.02. The number of rotatable bonds is 4. The van der Waals surface area contributed by atoms with E-state index in [2.05, 4.69) is 27.0 Å². The Morgan fingerprint density at radius 2 is 2.05 bits per heavy atom. The minimum Gasteiger partial charge on any atom is -0.382 e. The average Bonchev–Trinajstić information content (AvgIpc) is 3.08. The second-order valence-corrected chi connectivity index (χ2v) is 5.23. The first-order valence-electron chi connectivity index (χ1n) is 6.79. The minimum atomic E-state index is 0.251. The molecule has 2 N–H and O–H groups in total. The van der Waals surface area contributed by atoms with E-state index in [-0.39, 0.29) is 5.89 Å². The Kier molecular flexibility index (Phi) is 3.46. The lowest BCUT2D eigenvalue weighted by Crippen LogP contribution is -2.05. The maximum absolute atomic E-state index is 6.02. The number of nitrogens with two attached hydrogens (primary N) is 1. The van der Waals surface area contributed by atoms with Gasteiger partial charge in [0.1, 0.15) is 0 Å². The topological polar surface area (TPSA) is 95.6 Å². The van der Waals surface area contributed by atoms with E-state index < -0.39 is 0 Å². The summed E-state index contributed by atoms with van der Waals surface area (Å²) in [4.78, 5) is 4.34. The van der Waals surface area contributed by atoms with E-state index in [1.807, 2.05) is 38.1 Å². The molecule has 3 rings (SSSR count). The molecule has 7 nitrogen and oxygen atoms in total. The van der Waals surface area contributed by atoms with Crippen molar-refractivity contribution in [3.8, 4) is 23.0 Å². The molecule has 0 unspecified atom stereocenters. The van der Waals surface area contributed by atoms with Gasteiger partial charge in [0.05, 0.1) is 6.54 Å². The van der Waals surface area contributed by atoms with Crippen molar-refractivity contribution in [3.63, 3.8) is 0 Å². The molecule has 2 aromatic heterocycles. The number of aromatic nitrogens is 5. The molecule has 0 aliphatic rings. The van der Waals surface area contributed by atoms with Crippen LogP contribution in [0.25, 0.3) is 23.0 Å². The molecule has 0 saturated carbocycles. The highest BCUT2D eigenvalue weighted by Gasteiger charge is 2.18. The van der Waals surface area contributed by atoms with Gasteiger partial charge in [-0.1, -0.05) is 52.4 Å². The van der Waals surface area contributed by atoms with Gasteiger partial charge in [0.25, 0.3) is 5.89 Å². The first-order chi connectivity index (χ1) is 10.5. The lowest BCUT2D eigenvalue weighted by atomic mass is 10.1. The smallest absolute Gasteiger partial charge is 0.282 e. The Morgan fingerprint density at radius 3 is 2.73 bits per heavy atom. The SMILES string of the molecule is C=C(C)Cn1nnc(-c2nc(-c3ccc(C)cc3)no2)c1N. The summed E-state index contributed by atoms with van der Waals surface area (Å²) >= 11 is 0. The number of hydrogen-bond acceptors (Lipinski definition) is 6. The van der Waals surface area contributed by atoms with E-state index in [0.29, 0.717) is 23.9 Å². The van der Waals surface area contributed by atoms with Gasteiger partial charge in [-0.25, -0.2) is 4.68 Å². The van der Waals surface area contributed by atoms with Gasteiger partial charge in [-0.15, -0.1) is 5.10 Å². The van der Waals surface area contributed by atoms with Crippen LogP contribution in [0.15, 0.2) is 40.9 Å². The predicted octanol–water partition coefficient (Wildman–Crippen LogP) is 2.46. The lowest BCUT2D eigenvalue weighted by molar-refractivity contribution is 0.431. The van der Waals surface area contributed by atoms with E-state index in [9.17, 15) is 0 Å². The summed E-state index contributed by atoms with van der Waals surface area (Å²) in [7, 11) is 0. The van der Waals surface area contributed by atoms with Crippen molar-refractivity contribution in [1.82, 2.24) is 25.1 Å². The number of allylic oxidation sites excluding steroid dienone is 1. The zero-order valence-corrected chi connectivity index (χ0v) is 12.4. The summed E-state index contributed by atoms with van der Waals surface area (Å²) < 4.78 is 6.80. The van der Waals surface area contributed by atoms with E-state index in [0.717, 1.165) is 11.1 Å². The fourth-order valence-electron chi connectivity index (χ4n) is 1.98. The van der Waals surface area contributed by atoms with Gasteiger partial charge in [0, 0.05) is 5.56 Å². The maximum Gasteiger partial charge on any atom is 0.282 e. The quantitative estimate of drug-likeness (QED) is 0.743. The number of nitrogens with zero attached hydrogens (tertiary/aromatic N) is 5. The highest BCUT2D eigenvalue weighted by atomic mass is 16.5. The standard InChI is InChI=1S/C15H16N6O/c1-9(2)8-21-13(16)12(18-20-21)15-17-14(19-22-15)11-6-4-10(3)5-7-11/h4-7H,1,8,16H2,2-3H3. The lowest BCUT2D eigenvalue weighted by Gasteiger charge is -2.00. The number of nitrogen functional groups attached to an aromatic ring is 1. The summed E-state index contributed by atoms with van der Waals surface area (Å²) in [6.07, 6.45) is 0. The fraction of sp³-hybridized carbons (Fsp3) is 0.200.